The second kappa shape index (κ2) is 9.04. The SMILES string of the molecule is O=C(Nc1cccc(C(F)(F)F)c1)[C@@H]1[C@@H]2C(=O)N(c3cccc([N+](=O)[O-])c3)C(=O)[C@@H]2C2c3ccccc3C=CN21. The van der Waals surface area contributed by atoms with E-state index in [1.54, 1.807) is 35.4 Å². The highest BCUT2D eigenvalue weighted by molar-refractivity contribution is 6.24. The fourth-order valence-electron chi connectivity index (χ4n) is 5.85. The van der Waals surface area contributed by atoms with Crippen molar-refractivity contribution in [2.45, 2.75) is 18.3 Å². The largest absolute Gasteiger partial charge is 0.416 e. The molecule has 0 radical (unpaired) electrons. The van der Waals surface area contributed by atoms with Gasteiger partial charge in [-0.15, -0.1) is 0 Å². The molecule has 0 spiro atoms. The first kappa shape index (κ1) is 25.3. The third-order valence-electron chi connectivity index (χ3n) is 7.49. The van der Waals surface area contributed by atoms with E-state index in [2.05, 4.69) is 5.32 Å². The van der Waals surface area contributed by atoms with Crippen molar-refractivity contribution in [1.29, 1.82) is 0 Å². The lowest BCUT2D eigenvalue weighted by Crippen LogP contribution is -2.46. The predicted octanol–water partition coefficient (Wildman–Crippen LogP) is 4.77. The lowest BCUT2D eigenvalue weighted by atomic mass is 9.84. The molecule has 40 heavy (non-hydrogen) atoms. The van der Waals surface area contributed by atoms with Crippen LogP contribution < -0.4 is 10.2 Å². The number of halogens is 3. The summed E-state index contributed by atoms with van der Waals surface area (Å²) in [4.78, 5) is 54.5. The van der Waals surface area contributed by atoms with Gasteiger partial charge < -0.3 is 10.2 Å². The van der Waals surface area contributed by atoms with Crippen molar-refractivity contribution in [3.05, 3.63) is 106 Å². The maximum atomic E-state index is 13.9. The zero-order chi connectivity index (χ0) is 28.3. The van der Waals surface area contributed by atoms with E-state index in [4.69, 9.17) is 0 Å². The quantitative estimate of drug-likeness (QED) is 0.286. The van der Waals surface area contributed by atoms with Crippen LogP contribution in [0.4, 0.5) is 30.2 Å². The average molecular weight is 548 g/mol. The molecule has 12 heteroatoms. The smallest absolute Gasteiger partial charge is 0.357 e. The Morgan fingerprint density at radius 1 is 0.925 bits per heavy atom. The zero-order valence-electron chi connectivity index (χ0n) is 20.4. The van der Waals surface area contributed by atoms with Crippen LogP contribution in [0.2, 0.25) is 0 Å². The van der Waals surface area contributed by atoms with Gasteiger partial charge in [0.05, 0.1) is 34.1 Å². The molecule has 2 saturated heterocycles. The molecule has 3 heterocycles. The maximum absolute atomic E-state index is 13.9. The number of alkyl halides is 3. The Morgan fingerprint density at radius 3 is 2.40 bits per heavy atom. The minimum atomic E-state index is -4.63. The molecule has 4 atom stereocenters. The first-order valence-electron chi connectivity index (χ1n) is 12.2. The summed E-state index contributed by atoms with van der Waals surface area (Å²) in [5.74, 6) is -4.32. The summed E-state index contributed by atoms with van der Waals surface area (Å²) < 4.78 is 39.8. The highest BCUT2D eigenvalue weighted by atomic mass is 19.4. The van der Waals surface area contributed by atoms with E-state index >= 15 is 0 Å². The van der Waals surface area contributed by atoms with Crippen LogP contribution in [0, 0.1) is 22.0 Å². The van der Waals surface area contributed by atoms with Crippen molar-refractivity contribution in [2.24, 2.45) is 11.8 Å². The van der Waals surface area contributed by atoms with Gasteiger partial charge in [0.25, 0.3) is 5.69 Å². The number of carbonyl (C=O) groups excluding carboxylic acids is 3. The third-order valence-corrected chi connectivity index (χ3v) is 7.49. The molecule has 6 rings (SSSR count). The number of imide groups is 1. The highest BCUT2D eigenvalue weighted by Crippen LogP contribution is 2.53. The summed E-state index contributed by atoms with van der Waals surface area (Å²) in [7, 11) is 0. The fourth-order valence-corrected chi connectivity index (χ4v) is 5.85. The second-order valence-corrected chi connectivity index (χ2v) is 9.69. The molecule has 3 aliphatic heterocycles. The van der Waals surface area contributed by atoms with Crippen molar-refractivity contribution in [3.63, 3.8) is 0 Å². The van der Waals surface area contributed by atoms with Crippen LogP contribution in [0.25, 0.3) is 6.08 Å². The third kappa shape index (κ3) is 3.91. The van der Waals surface area contributed by atoms with E-state index < -0.39 is 58.3 Å². The van der Waals surface area contributed by atoms with Crippen molar-refractivity contribution in [1.82, 2.24) is 4.90 Å². The normalized spacial score (nSPS) is 23.1. The second-order valence-electron chi connectivity index (χ2n) is 9.69. The molecular weight excluding hydrogens is 529 g/mol. The van der Waals surface area contributed by atoms with Crippen LogP contribution in [-0.2, 0) is 20.6 Å². The number of benzene rings is 3. The molecular formula is C28H19F3N4O5. The van der Waals surface area contributed by atoms with E-state index in [0.29, 0.717) is 5.56 Å². The van der Waals surface area contributed by atoms with Crippen LogP contribution in [0.1, 0.15) is 22.7 Å². The predicted molar refractivity (Wildman–Crippen MR) is 136 cm³/mol. The number of nitro benzene ring substituents is 1. The number of nitrogens with zero attached hydrogens (tertiary/aromatic N) is 3. The molecule has 202 valence electrons. The summed E-state index contributed by atoms with van der Waals surface area (Å²) in [5.41, 5.74) is 0.104. The summed E-state index contributed by atoms with van der Waals surface area (Å²) >= 11 is 0. The Bertz CT molecular complexity index is 1620. The van der Waals surface area contributed by atoms with Gasteiger partial charge in [-0.25, -0.2) is 4.90 Å². The molecule has 1 N–H and O–H groups in total. The summed E-state index contributed by atoms with van der Waals surface area (Å²) in [5, 5.41) is 13.8. The van der Waals surface area contributed by atoms with E-state index in [0.717, 1.165) is 34.7 Å². The van der Waals surface area contributed by atoms with Crippen LogP contribution in [-0.4, -0.2) is 33.6 Å². The van der Waals surface area contributed by atoms with Crippen LogP contribution in [0.5, 0.6) is 0 Å². The molecule has 3 amide bonds. The Labute approximate surface area is 224 Å². The number of fused-ring (bicyclic) bond motifs is 5. The van der Waals surface area contributed by atoms with Gasteiger partial charge in [0.15, 0.2) is 0 Å². The molecule has 9 nitrogen and oxygen atoms in total. The Balaban J connectivity index is 1.42. The van der Waals surface area contributed by atoms with Gasteiger partial charge >= 0.3 is 6.18 Å². The Hall–Kier alpha value is -5.00. The number of hydrogen-bond donors (Lipinski definition) is 1. The van der Waals surface area contributed by atoms with E-state index in [1.165, 1.54) is 24.3 Å². The van der Waals surface area contributed by atoms with Gasteiger partial charge in [-0.3, -0.25) is 24.5 Å². The molecule has 1 unspecified atom stereocenters. The average Bonchev–Trinajstić information content (AvgIpc) is 3.40. The number of non-ortho nitro benzene ring substituents is 1. The topological polar surface area (TPSA) is 113 Å². The number of nitro groups is 1. The van der Waals surface area contributed by atoms with Crippen LogP contribution >= 0.6 is 0 Å². The molecule has 3 aliphatic rings. The van der Waals surface area contributed by atoms with Gasteiger partial charge in [-0.1, -0.05) is 36.4 Å². The zero-order valence-corrected chi connectivity index (χ0v) is 20.4. The van der Waals surface area contributed by atoms with E-state index in [1.807, 2.05) is 6.07 Å². The van der Waals surface area contributed by atoms with Gasteiger partial charge in [0, 0.05) is 24.0 Å². The molecule has 2 fully saturated rings. The molecule has 0 aliphatic carbocycles. The maximum Gasteiger partial charge on any atom is 0.416 e. The lowest BCUT2D eigenvalue weighted by Gasteiger charge is -2.35. The van der Waals surface area contributed by atoms with Gasteiger partial charge in [0.2, 0.25) is 17.7 Å². The number of rotatable bonds is 4. The standard InChI is InChI=1S/C28H19F3N4O5/c29-28(30,31)16-6-3-7-17(13-16)32-25(36)24-22-21(23-20-10-2-1-5-15(20)11-12-33(23)24)26(37)34(27(22)38)18-8-4-9-19(14-18)35(39)40/h1-14,21-24H,(H,32,36)/t21-,22+,23?,24-/m0/s1. The number of nitrogens with one attached hydrogen (secondary N) is 1. The van der Waals surface area contributed by atoms with E-state index in [-0.39, 0.29) is 17.1 Å². The lowest BCUT2D eigenvalue weighted by molar-refractivity contribution is -0.384. The van der Waals surface area contributed by atoms with Crippen LogP contribution in [0.3, 0.4) is 0 Å². The first-order chi connectivity index (χ1) is 19.1. The minimum absolute atomic E-state index is 0.00169. The molecule has 0 saturated carbocycles. The van der Waals surface area contributed by atoms with Crippen molar-refractivity contribution in [2.75, 3.05) is 10.2 Å². The Morgan fingerprint density at radius 2 is 1.65 bits per heavy atom. The monoisotopic (exact) mass is 548 g/mol. The van der Waals surface area contributed by atoms with Gasteiger partial charge in [-0.05, 0) is 41.5 Å². The molecule has 0 aromatic heterocycles. The van der Waals surface area contributed by atoms with Crippen molar-refractivity contribution >= 4 is 40.9 Å². The number of hydrogen-bond acceptors (Lipinski definition) is 6. The number of amides is 3. The highest BCUT2D eigenvalue weighted by Gasteiger charge is 2.64. The summed E-state index contributed by atoms with van der Waals surface area (Å²) in [6.45, 7) is 0. The fraction of sp³-hybridized carbons (Fsp3) is 0.179. The summed E-state index contributed by atoms with van der Waals surface area (Å²) in [6, 6.07) is 14.4. The summed E-state index contributed by atoms with van der Waals surface area (Å²) in [6.07, 6.45) is -1.28. The van der Waals surface area contributed by atoms with Crippen molar-refractivity contribution < 1.29 is 32.5 Å². The number of carbonyl (C=O) groups is 3. The molecule has 3 aromatic rings. The molecule has 3 aromatic carbocycles. The number of anilines is 2. The molecule has 0 bridgehead atoms. The first-order valence-corrected chi connectivity index (χ1v) is 12.2. The van der Waals surface area contributed by atoms with Gasteiger partial charge in [-0.2, -0.15) is 13.2 Å². The van der Waals surface area contributed by atoms with Crippen molar-refractivity contribution in [3.8, 4) is 0 Å². The van der Waals surface area contributed by atoms with E-state index in [9.17, 15) is 37.7 Å². The van der Waals surface area contributed by atoms with Crippen LogP contribution in [0.15, 0.2) is 79.0 Å². The van der Waals surface area contributed by atoms with Gasteiger partial charge in [0.1, 0.15) is 6.04 Å². The minimum Gasteiger partial charge on any atom is -0.357 e. The Kier molecular flexibility index (Phi) is 5.71.